The number of nitrogens with zero attached hydrogens (tertiary/aromatic N) is 5. The Morgan fingerprint density at radius 3 is 2.56 bits per heavy atom. The summed E-state index contributed by atoms with van der Waals surface area (Å²) >= 11 is 0. The van der Waals surface area contributed by atoms with Gasteiger partial charge in [0.15, 0.2) is 11.6 Å². The zero-order valence-electron chi connectivity index (χ0n) is 15.6. The average molecular weight is 348 g/mol. The van der Waals surface area contributed by atoms with Crippen molar-refractivity contribution in [1.82, 2.24) is 19.9 Å². The summed E-state index contributed by atoms with van der Waals surface area (Å²) in [6.07, 6.45) is 1.16. The summed E-state index contributed by atoms with van der Waals surface area (Å²) < 4.78 is 5.58. The summed E-state index contributed by atoms with van der Waals surface area (Å²) in [7, 11) is 3.71. The van der Waals surface area contributed by atoms with Gasteiger partial charge in [-0.1, -0.05) is 6.92 Å². The highest BCUT2D eigenvalue weighted by Gasteiger charge is 2.15. The largest absolute Gasteiger partial charge is 0.382 e. The predicted octanol–water partition coefficient (Wildman–Crippen LogP) is 1.73. The third kappa shape index (κ3) is 4.79. The highest BCUT2D eigenvalue weighted by Crippen LogP contribution is 2.25. The molecule has 4 N–H and O–H groups in total. The molecule has 0 spiro atoms. The molecule has 2 rings (SSSR count). The van der Waals surface area contributed by atoms with Gasteiger partial charge in [-0.2, -0.15) is 9.97 Å². The molecule has 0 aliphatic carbocycles. The average Bonchev–Trinajstić information content (AvgIpc) is 2.58. The molecule has 0 saturated carbocycles. The predicted molar refractivity (Wildman–Crippen MR) is 102 cm³/mol. The molecule has 2 aromatic rings. The lowest BCUT2D eigenvalue weighted by atomic mass is 10.3. The molecule has 0 radical (unpaired) electrons. The molecule has 0 aliphatic heterocycles. The van der Waals surface area contributed by atoms with Crippen LogP contribution >= 0.6 is 0 Å². The normalized spacial score (nSPS) is 11.1. The Balaban J connectivity index is 2.33. The number of hydrogen-bond donors (Lipinski definition) is 3. The third-order valence-electron chi connectivity index (χ3n) is 3.55. The van der Waals surface area contributed by atoms with Crippen LogP contribution in [0.4, 0.5) is 23.5 Å². The fraction of sp³-hybridized carbons (Fsp3) is 0.625. The van der Waals surface area contributed by atoms with E-state index in [0.29, 0.717) is 47.7 Å². The number of likely N-dealkylation sites (N-methyl/N-ethyl adjacent to an activating group) is 1. The van der Waals surface area contributed by atoms with Crippen LogP contribution in [-0.4, -0.2) is 59.8 Å². The number of rotatable bonds is 9. The first-order chi connectivity index (χ1) is 12.0. The summed E-state index contributed by atoms with van der Waals surface area (Å²) in [6.45, 7) is 8.13. The number of ether oxygens (including phenoxy) is 1. The Hall–Kier alpha value is -2.42. The second kappa shape index (κ2) is 8.61. The summed E-state index contributed by atoms with van der Waals surface area (Å²) in [4.78, 5) is 19.8. The van der Waals surface area contributed by atoms with Gasteiger partial charge >= 0.3 is 0 Å². The fourth-order valence-corrected chi connectivity index (χ4v) is 2.21. The van der Waals surface area contributed by atoms with E-state index in [1.165, 1.54) is 0 Å². The molecule has 0 amide bonds. The number of nitrogens with one attached hydrogen (secondary N) is 2. The van der Waals surface area contributed by atoms with E-state index in [1.807, 2.05) is 25.8 Å². The molecular weight excluding hydrogens is 320 g/mol. The number of nitrogen functional groups attached to an aromatic ring is 1. The van der Waals surface area contributed by atoms with Gasteiger partial charge in [-0.3, -0.25) is 0 Å². The van der Waals surface area contributed by atoms with E-state index < -0.39 is 0 Å². The molecule has 25 heavy (non-hydrogen) atoms. The van der Waals surface area contributed by atoms with Gasteiger partial charge in [-0.15, -0.1) is 0 Å². The Bertz CT molecular complexity index is 706. The SMILES string of the molecule is CCCNc1nc(N)c2nc(N(C)CCOC(C)C)nc(NC)c2n1. The minimum Gasteiger partial charge on any atom is -0.382 e. The molecule has 0 fully saturated rings. The minimum atomic E-state index is 0.192. The standard InChI is InChI=1S/C16H28N8O/c1-6-7-19-15-20-12-11(13(17)22-15)21-16(23-14(12)18-4)24(5)8-9-25-10(2)3/h10H,6-9H2,1-5H3,(H,18,21,23)(H3,17,19,20,22). The first-order valence-corrected chi connectivity index (χ1v) is 8.55. The lowest BCUT2D eigenvalue weighted by Crippen LogP contribution is -2.26. The summed E-state index contributed by atoms with van der Waals surface area (Å²) in [6, 6.07) is 0. The van der Waals surface area contributed by atoms with Crippen molar-refractivity contribution in [3.8, 4) is 0 Å². The maximum Gasteiger partial charge on any atom is 0.227 e. The van der Waals surface area contributed by atoms with Gasteiger partial charge in [0.05, 0.1) is 12.7 Å². The van der Waals surface area contributed by atoms with Crippen molar-refractivity contribution in [3.05, 3.63) is 0 Å². The van der Waals surface area contributed by atoms with E-state index in [-0.39, 0.29) is 6.10 Å². The lowest BCUT2D eigenvalue weighted by Gasteiger charge is -2.19. The second-order valence-electron chi connectivity index (χ2n) is 6.02. The van der Waals surface area contributed by atoms with Crippen LogP contribution in [0.2, 0.25) is 0 Å². The van der Waals surface area contributed by atoms with Gasteiger partial charge in [-0.05, 0) is 20.3 Å². The van der Waals surface area contributed by atoms with Crippen molar-refractivity contribution >= 4 is 34.6 Å². The van der Waals surface area contributed by atoms with Gasteiger partial charge in [0.2, 0.25) is 11.9 Å². The van der Waals surface area contributed by atoms with Gasteiger partial charge < -0.3 is 26.0 Å². The van der Waals surface area contributed by atoms with Crippen LogP contribution in [0.3, 0.4) is 0 Å². The smallest absolute Gasteiger partial charge is 0.227 e. The molecule has 9 nitrogen and oxygen atoms in total. The minimum absolute atomic E-state index is 0.192. The van der Waals surface area contributed by atoms with E-state index in [0.717, 1.165) is 13.0 Å². The molecule has 0 unspecified atom stereocenters. The van der Waals surface area contributed by atoms with Crippen LogP contribution in [-0.2, 0) is 4.74 Å². The molecule has 0 saturated heterocycles. The van der Waals surface area contributed by atoms with E-state index >= 15 is 0 Å². The molecule has 0 atom stereocenters. The molecule has 2 heterocycles. The zero-order valence-corrected chi connectivity index (χ0v) is 15.6. The monoisotopic (exact) mass is 348 g/mol. The number of hydrogen-bond acceptors (Lipinski definition) is 9. The molecule has 0 aromatic carbocycles. The Morgan fingerprint density at radius 1 is 1.16 bits per heavy atom. The van der Waals surface area contributed by atoms with Crippen molar-refractivity contribution in [2.75, 3.05) is 55.1 Å². The van der Waals surface area contributed by atoms with Crippen LogP contribution in [0.25, 0.3) is 11.0 Å². The molecule has 138 valence electrons. The summed E-state index contributed by atoms with van der Waals surface area (Å²) in [5, 5.41) is 6.21. The van der Waals surface area contributed by atoms with Gasteiger partial charge in [0.25, 0.3) is 0 Å². The second-order valence-corrected chi connectivity index (χ2v) is 6.02. The summed E-state index contributed by atoms with van der Waals surface area (Å²) in [5.74, 6) is 1.98. The zero-order chi connectivity index (χ0) is 18.4. The fourth-order valence-electron chi connectivity index (χ4n) is 2.21. The molecule has 2 aromatic heterocycles. The van der Waals surface area contributed by atoms with Crippen molar-refractivity contribution in [2.24, 2.45) is 0 Å². The Labute approximate surface area is 148 Å². The molecule has 0 bridgehead atoms. The van der Waals surface area contributed by atoms with E-state index in [4.69, 9.17) is 10.5 Å². The highest BCUT2D eigenvalue weighted by molar-refractivity contribution is 5.93. The third-order valence-corrected chi connectivity index (χ3v) is 3.55. The van der Waals surface area contributed by atoms with Crippen molar-refractivity contribution in [2.45, 2.75) is 33.3 Å². The van der Waals surface area contributed by atoms with Crippen molar-refractivity contribution in [3.63, 3.8) is 0 Å². The van der Waals surface area contributed by atoms with Gasteiger partial charge in [-0.25, -0.2) is 9.97 Å². The maximum absolute atomic E-state index is 6.11. The van der Waals surface area contributed by atoms with Gasteiger partial charge in [0, 0.05) is 27.2 Å². The van der Waals surface area contributed by atoms with Crippen LogP contribution < -0.4 is 21.3 Å². The van der Waals surface area contributed by atoms with Crippen LogP contribution in [0, 0.1) is 0 Å². The first kappa shape index (κ1) is 18.9. The number of aromatic nitrogens is 4. The first-order valence-electron chi connectivity index (χ1n) is 8.55. The quantitative estimate of drug-likeness (QED) is 0.623. The van der Waals surface area contributed by atoms with Crippen LogP contribution in [0.5, 0.6) is 0 Å². The number of nitrogens with two attached hydrogens (primary N) is 1. The van der Waals surface area contributed by atoms with Gasteiger partial charge in [0.1, 0.15) is 11.0 Å². The van der Waals surface area contributed by atoms with Crippen molar-refractivity contribution in [1.29, 1.82) is 0 Å². The molecular formula is C16H28N8O. The topological polar surface area (TPSA) is 114 Å². The van der Waals surface area contributed by atoms with E-state index in [2.05, 4.69) is 37.5 Å². The highest BCUT2D eigenvalue weighted by atomic mass is 16.5. The lowest BCUT2D eigenvalue weighted by molar-refractivity contribution is 0.0844. The Morgan fingerprint density at radius 2 is 1.92 bits per heavy atom. The van der Waals surface area contributed by atoms with E-state index in [1.54, 1.807) is 7.05 Å². The van der Waals surface area contributed by atoms with Crippen molar-refractivity contribution < 1.29 is 4.74 Å². The molecule has 0 aliphatic rings. The van der Waals surface area contributed by atoms with Crippen LogP contribution in [0.1, 0.15) is 27.2 Å². The molecule has 9 heteroatoms. The Kier molecular flexibility index (Phi) is 6.51. The summed E-state index contributed by atoms with van der Waals surface area (Å²) in [5.41, 5.74) is 7.25. The number of anilines is 4. The number of fused-ring (bicyclic) bond motifs is 1. The van der Waals surface area contributed by atoms with Crippen LogP contribution in [0.15, 0.2) is 0 Å². The maximum atomic E-state index is 6.11. The van der Waals surface area contributed by atoms with E-state index in [9.17, 15) is 0 Å².